The molecule has 2 aromatic rings. The van der Waals surface area contributed by atoms with E-state index in [0.717, 1.165) is 36.7 Å². The van der Waals surface area contributed by atoms with E-state index in [-0.39, 0.29) is 11.8 Å². The number of aromatic nitrogens is 2. The zero-order valence-corrected chi connectivity index (χ0v) is 17.0. The van der Waals surface area contributed by atoms with Gasteiger partial charge in [-0.2, -0.15) is 0 Å². The third-order valence-electron chi connectivity index (χ3n) is 5.02. The standard InChI is InChI=1S/C21H29N5O2/c1-21(2,3)17(20(28)22-4)25-19(27)16-15-10-11-23-12-13-26(15)18(24-16)14-8-6-5-7-9-14/h5-9,17,23H,10-13H2,1-4H3,(H,22,28)(H,25,27)/t17-/m1/s1. The van der Waals surface area contributed by atoms with E-state index < -0.39 is 11.5 Å². The Bertz CT molecular complexity index is 852. The van der Waals surface area contributed by atoms with Gasteiger partial charge in [0.1, 0.15) is 17.6 Å². The van der Waals surface area contributed by atoms with Crippen LogP contribution in [0.15, 0.2) is 30.3 Å². The van der Waals surface area contributed by atoms with Gasteiger partial charge in [-0.05, 0) is 5.41 Å². The van der Waals surface area contributed by atoms with Gasteiger partial charge in [0.2, 0.25) is 5.91 Å². The Morgan fingerprint density at radius 2 is 1.89 bits per heavy atom. The monoisotopic (exact) mass is 383 g/mol. The summed E-state index contributed by atoms with van der Waals surface area (Å²) in [6.45, 7) is 8.16. The number of hydrogen-bond acceptors (Lipinski definition) is 4. The number of hydrogen-bond donors (Lipinski definition) is 3. The molecule has 1 aliphatic rings. The Kier molecular flexibility index (Phi) is 5.84. The maximum Gasteiger partial charge on any atom is 0.272 e. The number of rotatable bonds is 4. The van der Waals surface area contributed by atoms with E-state index in [1.807, 2.05) is 51.1 Å². The molecule has 0 bridgehead atoms. The number of amides is 2. The van der Waals surface area contributed by atoms with Crippen LogP contribution in [-0.2, 0) is 17.8 Å². The van der Waals surface area contributed by atoms with Crippen LogP contribution in [0, 0.1) is 5.41 Å². The molecule has 1 aromatic heterocycles. The quantitative estimate of drug-likeness (QED) is 0.748. The highest BCUT2D eigenvalue weighted by atomic mass is 16.2. The van der Waals surface area contributed by atoms with Crippen molar-refractivity contribution >= 4 is 11.8 Å². The van der Waals surface area contributed by atoms with Gasteiger partial charge in [-0.15, -0.1) is 0 Å². The van der Waals surface area contributed by atoms with E-state index in [4.69, 9.17) is 4.98 Å². The first-order chi connectivity index (χ1) is 13.3. The minimum Gasteiger partial charge on any atom is -0.357 e. The van der Waals surface area contributed by atoms with Crippen molar-refractivity contribution in [3.63, 3.8) is 0 Å². The maximum atomic E-state index is 13.2. The lowest BCUT2D eigenvalue weighted by Gasteiger charge is -2.29. The molecule has 0 saturated carbocycles. The second-order valence-corrected chi connectivity index (χ2v) is 8.14. The molecular formula is C21H29N5O2. The lowest BCUT2D eigenvalue weighted by Crippen LogP contribution is -2.53. The van der Waals surface area contributed by atoms with Crippen molar-refractivity contribution in [1.82, 2.24) is 25.5 Å². The van der Waals surface area contributed by atoms with Crippen molar-refractivity contribution < 1.29 is 9.59 Å². The smallest absolute Gasteiger partial charge is 0.272 e. The Morgan fingerprint density at radius 3 is 2.54 bits per heavy atom. The summed E-state index contributed by atoms with van der Waals surface area (Å²) in [5.41, 5.74) is 1.87. The summed E-state index contributed by atoms with van der Waals surface area (Å²) in [4.78, 5) is 30.2. The molecule has 0 aliphatic carbocycles. The number of carbonyl (C=O) groups excluding carboxylic acids is 2. The first kappa shape index (κ1) is 20.1. The Morgan fingerprint density at radius 1 is 1.18 bits per heavy atom. The molecule has 3 rings (SSSR count). The summed E-state index contributed by atoms with van der Waals surface area (Å²) in [5.74, 6) is 0.268. The van der Waals surface area contributed by atoms with E-state index in [0.29, 0.717) is 12.1 Å². The summed E-state index contributed by atoms with van der Waals surface area (Å²) >= 11 is 0. The summed E-state index contributed by atoms with van der Waals surface area (Å²) < 4.78 is 2.12. The molecule has 1 atom stereocenters. The average Bonchev–Trinajstić information content (AvgIpc) is 2.86. The van der Waals surface area contributed by atoms with Crippen LogP contribution in [0.3, 0.4) is 0 Å². The van der Waals surface area contributed by atoms with Crippen molar-refractivity contribution in [3.05, 3.63) is 41.7 Å². The predicted octanol–water partition coefficient (Wildman–Crippen LogP) is 1.59. The van der Waals surface area contributed by atoms with Crippen LogP contribution in [-0.4, -0.2) is 47.5 Å². The number of nitrogens with one attached hydrogen (secondary N) is 3. The third kappa shape index (κ3) is 4.09. The lowest BCUT2D eigenvalue weighted by molar-refractivity contribution is -0.124. The van der Waals surface area contributed by atoms with E-state index in [9.17, 15) is 9.59 Å². The van der Waals surface area contributed by atoms with Crippen molar-refractivity contribution in [2.24, 2.45) is 5.41 Å². The van der Waals surface area contributed by atoms with Crippen LogP contribution in [0.4, 0.5) is 0 Å². The van der Waals surface area contributed by atoms with Crippen molar-refractivity contribution in [3.8, 4) is 11.4 Å². The van der Waals surface area contributed by atoms with E-state index in [1.165, 1.54) is 0 Å². The first-order valence-electron chi connectivity index (χ1n) is 9.71. The summed E-state index contributed by atoms with van der Waals surface area (Å²) in [5, 5.41) is 8.93. The molecule has 28 heavy (non-hydrogen) atoms. The second-order valence-electron chi connectivity index (χ2n) is 8.14. The fourth-order valence-corrected chi connectivity index (χ4v) is 3.51. The van der Waals surface area contributed by atoms with Crippen molar-refractivity contribution in [2.75, 3.05) is 20.1 Å². The molecule has 1 aromatic carbocycles. The first-order valence-corrected chi connectivity index (χ1v) is 9.71. The molecule has 0 fully saturated rings. The number of nitrogens with zero attached hydrogens (tertiary/aromatic N) is 2. The fourth-order valence-electron chi connectivity index (χ4n) is 3.51. The summed E-state index contributed by atoms with van der Waals surface area (Å²) in [6, 6.07) is 9.24. The SMILES string of the molecule is CNC(=O)[C@@H](NC(=O)c1nc(-c2ccccc2)n2c1CCNCC2)C(C)(C)C. The molecular weight excluding hydrogens is 354 g/mol. The van der Waals surface area contributed by atoms with Gasteiger partial charge in [0.05, 0.1) is 5.69 Å². The van der Waals surface area contributed by atoms with Crippen LogP contribution in [0.2, 0.25) is 0 Å². The van der Waals surface area contributed by atoms with Gasteiger partial charge in [-0.1, -0.05) is 51.1 Å². The zero-order valence-electron chi connectivity index (χ0n) is 17.0. The number of imidazole rings is 1. The van der Waals surface area contributed by atoms with E-state index >= 15 is 0 Å². The highest BCUT2D eigenvalue weighted by Gasteiger charge is 2.34. The Balaban J connectivity index is 2.00. The second kappa shape index (κ2) is 8.14. The minimum absolute atomic E-state index is 0.212. The predicted molar refractivity (Wildman–Crippen MR) is 109 cm³/mol. The molecule has 2 amide bonds. The minimum atomic E-state index is -0.647. The number of fused-ring (bicyclic) bond motifs is 1. The molecule has 0 radical (unpaired) electrons. The van der Waals surface area contributed by atoms with E-state index in [1.54, 1.807) is 7.05 Å². The summed E-state index contributed by atoms with van der Waals surface area (Å²) in [6.07, 6.45) is 0.711. The van der Waals surface area contributed by atoms with Crippen LogP contribution in [0.5, 0.6) is 0 Å². The number of likely N-dealkylation sites (N-methyl/N-ethyl adjacent to an activating group) is 1. The van der Waals surface area contributed by atoms with Gasteiger partial charge in [0.25, 0.3) is 5.91 Å². The van der Waals surface area contributed by atoms with Crippen LogP contribution in [0.1, 0.15) is 37.0 Å². The van der Waals surface area contributed by atoms with Crippen molar-refractivity contribution in [2.45, 2.75) is 39.8 Å². The lowest BCUT2D eigenvalue weighted by atomic mass is 9.86. The average molecular weight is 383 g/mol. The molecule has 3 N–H and O–H groups in total. The zero-order chi connectivity index (χ0) is 20.3. The number of benzene rings is 1. The highest BCUT2D eigenvalue weighted by Crippen LogP contribution is 2.25. The highest BCUT2D eigenvalue weighted by molar-refractivity contribution is 5.97. The normalized spacial score (nSPS) is 15.3. The van der Waals surface area contributed by atoms with Gasteiger partial charge in [-0.25, -0.2) is 4.98 Å². The Hall–Kier alpha value is -2.67. The molecule has 0 spiro atoms. The van der Waals surface area contributed by atoms with Gasteiger partial charge < -0.3 is 20.5 Å². The van der Waals surface area contributed by atoms with Gasteiger partial charge in [-0.3, -0.25) is 9.59 Å². The molecule has 7 heteroatoms. The van der Waals surface area contributed by atoms with E-state index in [2.05, 4.69) is 20.5 Å². The Labute approximate surface area is 165 Å². The topological polar surface area (TPSA) is 88.1 Å². The molecule has 1 aliphatic heterocycles. The van der Waals surface area contributed by atoms with Crippen molar-refractivity contribution in [1.29, 1.82) is 0 Å². The van der Waals surface area contributed by atoms with Gasteiger partial charge >= 0.3 is 0 Å². The molecule has 0 saturated heterocycles. The largest absolute Gasteiger partial charge is 0.357 e. The fraction of sp³-hybridized carbons (Fsp3) is 0.476. The molecule has 0 unspecified atom stereocenters. The van der Waals surface area contributed by atoms with Gasteiger partial charge in [0.15, 0.2) is 0 Å². The van der Waals surface area contributed by atoms with Crippen LogP contribution >= 0.6 is 0 Å². The molecule has 2 heterocycles. The molecule has 150 valence electrons. The maximum absolute atomic E-state index is 13.2. The third-order valence-corrected chi connectivity index (χ3v) is 5.02. The van der Waals surface area contributed by atoms with Crippen LogP contribution in [0.25, 0.3) is 11.4 Å². The molecule has 7 nitrogen and oxygen atoms in total. The summed E-state index contributed by atoms with van der Waals surface area (Å²) in [7, 11) is 1.58. The number of carbonyl (C=O) groups is 2. The van der Waals surface area contributed by atoms with Crippen LogP contribution < -0.4 is 16.0 Å². The van der Waals surface area contributed by atoms with Gasteiger partial charge in [0, 0.05) is 38.7 Å².